The van der Waals surface area contributed by atoms with Crippen molar-refractivity contribution in [2.45, 2.75) is 238 Å². The van der Waals surface area contributed by atoms with E-state index in [0.717, 1.165) is 29.7 Å². The fourth-order valence-corrected chi connectivity index (χ4v) is 11.0. The minimum Gasteiger partial charge on any atom is -0.358 e. The van der Waals surface area contributed by atoms with Crippen LogP contribution in [0.5, 0.6) is 0 Å². The van der Waals surface area contributed by atoms with E-state index < -0.39 is 0 Å². The van der Waals surface area contributed by atoms with E-state index in [2.05, 4.69) is 300 Å². The quantitative estimate of drug-likeness (QED) is 0.114. The van der Waals surface area contributed by atoms with E-state index in [1.807, 2.05) is 0 Å². The van der Waals surface area contributed by atoms with Crippen LogP contribution in [0.3, 0.4) is 0 Å². The zero-order valence-corrected chi connectivity index (χ0v) is 58.2. The molecule has 0 amide bonds. The van der Waals surface area contributed by atoms with Crippen molar-refractivity contribution in [3.05, 3.63) is 175 Å². The molecule has 2 aliphatic rings. The van der Waals surface area contributed by atoms with Crippen LogP contribution < -0.4 is 0 Å². The molecule has 0 saturated carbocycles. The fourth-order valence-electron chi connectivity index (χ4n) is 10.0. The van der Waals surface area contributed by atoms with Crippen LogP contribution in [0.15, 0.2) is 118 Å². The van der Waals surface area contributed by atoms with E-state index in [9.17, 15) is 0 Å². The van der Waals surface area contributed by atoms with Gasteiger partial charge in [-0.2, -0.15) is 0 Å². The average Bonchev–Trinajstić information content (AvgIpc) is 3.58. The molecule has 462 valence electrons. The van der Waals surface area contributed by atoms with Gasteiger partial charge in [-0.25, -0.2) is 9.97 Å². The van der Waals surface area contributed by atoms with Crippen LogP contribution in [-0.4, -0.2) is 36.3 Å². The predicted molar refractivity (Wildman–Crippen MR) is 380 cm³/mol. The third-order valence-corrected chi connectivity index (χ3v) is 17.6. The normalized spacial score (nSPS) is 12.8. The molecule has 0 bridgehead atoms. The third kappa shape index (κ3) is 18.8. The zero-order chi connectivity index (χ0) is 63.4. The van der Waals surface area contributed by atoms with Crippen LogP contribution in [0, 0.1) is 11.8 Å². The van der Waals surface area contributed by atoms with E-state index in [1.54, 1.807) is 11.3 Å². The number of rotatable bonds is 12. The Labute approximate surface area is 524 Å². The van der Waals surface area contributed by atoms with Gasteiger partial charge in [0.25, 0.3) is 0 Å². The molecule has 6 heterocycles. The molecule has 86 heavy (non-hydrogen) atoms. The maximum atomic E-state index is 4.71. The molecule has 0 fully saturated rings. The lowest BCUT2D eigenvalue weighted by Crippen LogP contribution is -2.06. The Morgan fingerprint density at radius 2 is 0.721 bits per heavy atom. The van der Waals surface area contributed by atoms with E-state index in [0.29, 0.717) is 71.0 Å². The highest BCUT2D eigenvalue weighted by atomic mass is 32.1. The Kier molecular flexibility index (Phi) is 24.8. The third-order valence-electron chi connectivity index (χ3n) is 16.4. The molecule has 0 saturated heterocycles. The van der Waals surface area contributed by atoms with Gasteiger partial charge in [-0.1, -0.05) is 221 Å². The Hall–Kier alpha value is -6.38. The Bertz CT molecular complexity index is 3310. The summed E-state index contributed by atoms with van der Waals surface area (Å²) < 4.78 is 0. The lowest BCUT2D eigenvalue weighted by molar-refractivity contribution is 0.793. The van der Waals surface area contributed by atoms with E-state index in [-0.39, 0.29) is 0 Å². The summed E-state index contributed by atoms with van der Waals surface area (Å²) in [5.74, 6) is 7.90. The first-order chi connectivity index (χ1) is 40.5. The number of nitrogens with one attached hydrogen (secondary N) is 3. The summed E-state index contributed by atoms with van der Waals surface area (Å²) in [6.45, 7) is 53.0. The monoisotopic (exact) mass is 1180 g/mol. The van der Waals surface area contributed by atoms with Crippen molar-refractivity contribution in [3.63, 3.8) is 0 Å². The molecule has 3 N–H and O–H groups in total. The standard InChI is InChI=1S/4C14H19N.C13H18N2.C9H15NS/c4*1-9(2)11-5-6-12-8-13(10(3)4)15-14(12)7-11;1-8(2)10-5-6-11-12(7-10)15-13(14-11)9(3)4;1-6(2)8-5-11-9(10-8)7(3)4/h2*5-7,9-10H,8H2,1-4H3;2*5-10,15H,1-4H3;5-9H,1-4H3,(H,14,15);5-7H,1-4H3. The molecule has 7 nitrogen and oxygen atoms in total. The minimum atomic E-state index is 0.458. The average molecular weight is 1180 g/mol. The first-order valence-corrected chi connectivity index (χ1v) is 33.5. The van der Waals surface area contributed by atoms with Gasteiger partial charge in [-0.3, -0.25) is 9.98 Å². The molecule has 8 heteroatoms. The molecule has 0 radical (unpaired) electrons. The lowest BCUT2D eigenvalue weighted by atomic mass is 9.98. The number of nitrogens with zero attached hydrogens (tertiary/aromatic N) is 4. The van der Waals surface area contributed by atoms with Crippen molar-refractivity contribution in [2.75, 3.05) is 0 Å². The molecule has 0 aliphatic carbocycles. The van der Waals surface area contributed by atoms with Crippen molar-refractivity contribution in [1.82, 2.24) is 24.9 Å². The van der Waals surface area contributed by atoms with Crippen molar-refractivity contribution >= 4 is 67.0 Å². The van der Waals surface area contributed by atoms with Gasteiger partial charge in [0.05, 0.1) is 33.1 Å². The molecule has 5 aromatic carbocycles. The Balaban J connectivity index is 0.000000166. The second kappa shape index (κ2) is 31.0. The van der Waals surface area contributed by atoms with Crippen molar-refractivity contribution in [1.29, 1.82) is 0 Å². The Morgan fingerprint density at radius 1 is 0.337 bits per heavy atom. The van der Waals surface area contributed by atoms with Crippen LogP contribution in [0.25, 0.3) is 32.8 Å². The highest BCUT2D eigenvalue weighted by Crippen LogP contribution is 2.34. The summed E-state index contributed by atoms with van der Waals surface area (Å²) in [6, 6.07) is 37.9. The molecule has 4 aromatic heterocycles. The van der Waals surface area contributed by atoms with E-state index in [4.69, 9.17) is 9.98 Å². The van der Waals surface area contributed by atoms with Gasteiger partial charge >= 0.3 is 0 Å². The van der Waals surface area contributed by atoms with Crippen LogP contribution in [0.4, 0.5) is 11.4 Å². The number of fused-ring (bicyclic) bond motifs is 5. The van der Waals surface area contributed by atoms with Gasteiger partial charge < -0.3 is 15.0 Å². The first-order valence-electron chi connectivity index (χ1n) is 32.6. The maximum Gasteiger partial charge on any atom is 0.109 e. The van der Waals surface area contributed by atoms with Crippen molar-refractivity contribution in [3.8, 4) is 0 Å². The number of aliphatic imine (C=N–C) groups is 2. The van der Waals surface area contributed by atoms with Crippen molar-refractivity contribution < 1.29 is 0 Å². The highest BCUT2D eigenvalue weighted by molar-refractivity contribution is 7.09. The second-order valence-corrected chi connectivity index (χ2v) is 28.7. The van der Waals surface area contributed by atoms with Gasteiger partial charge in [0.2, 0.25) is 0 Å². The van der Waals surface area contributed by atoms with Gasteiger partial charge in [-0.05, 0) is 157 Å². The summed E-state index contributed by atoms with van der Waals surface area (Å²) in [5, 5.41) is 6.07. The molecule has 2 aliphatic heterocycles. The molecular weight excluding hydrogens is 1070 g/mol. The number of thiazole rings is 1. The van der Waals surface area contributed by atoms with Gasteiger partial charge in [-0.15, -0.1) is 11.3 Å². The minimum absolute atomic E-state index is 0.458. The Morgan fingerprint density at radius 3 is 1.06 bits per heavy atom. The van der Waals surface area contributed by atoms with E-state index in [1.165, 1.54) is 106 Å². The van der Waals surface area contributed by atoms with Crippen LogP contribution in [0.1, 0.15) is 292 Å². The molecular formula is C78H109N7S. The number of aromatic nitrogens is 5. The van der Waals surface area contributed by atoms with Crippen LogP contribution >= 0.6 is 11.3 Å². The SMILES string of the molecule is CC(C)C1=Nc2cc(C(C)C)ccc2C1.CC(C)C1=Nc2cc(C(C)C)ccc2C1.CC(C)c1ccc2cc(C(C)C)[nH]c2c1.CC(C)c1ccc2cc(C(C)C)[nH]c2c1.CC(C)c1ccc2nc(C(C)C)[nH]c2c1.CC(C)c1csc(C(C)C)n1. The number of H-pyrrole nitrogens is 3. The summed E-state index contributed by atoms with van der Waals surface area (Å²) in [5.41, 5.74) is 23.4. The van der Waals surface area contributed by atoms with Crippen LogP contribution in [0.2, 0.25) is 0 Å². The smallest absolute Gasteiger partial charge is 0.109 e. The summed E-state index contributed by atoms with van der Waals surface area (Å²) in [4.78, 5) is 28.9. The predicted octanol–water partition coefficient (Wildman–Crippen LogP) is 24.2. The second-order valence-electron chi connectivity index (χ2n) is 27.8. The molecule has 9 aromatic rings. The maximum absolute atomic E-state index is 4.71. The molecule has 0 spiro atoms. The van der Waals surface area contributed by atoms with Gasteiger partial charge in [0.15, 0.2) is 0 Å². The number of hydrogen-bond donors (Lipinski definition) is 3. The molecule has 0 unspecified atom stereocenters. The largest absolute Gasteiger partial charge is 0.358 e. The van der Waals surface area contributed by atoms with Crippen molar-refractivity contribution in [2.24, 2.45) is 21.8 Å². The highest BCUT2D eigenvalue weighted by Gasteiger charge is 2.19. The lowest BCUT2D eigenvalue weighted by Gasteiger charge is -2.06. The summed E-state index contributed by atoms with van der Waals surface area (Å²) in [6.07, 6.45) is 2.09. The number of aromatic amines is 3. The summed E-state index contributed by atoms with van der Waals surface area (Å²) in [7, 11) is 0. The topological polar surface area (TPSA) is 97.9 Å². The zero-order valence-electron chi connectivity index (χ0n) is 57.4. The first kappa shape index (κ1) is 68.7. The number of benzene rings is 5. The fraction of sp³-hybridized carbons (Fsp3) is 0.487. The van der Waals surface area contributed by atoms with Crippen LogP contribution in [-0.2, 0) is 12.8 Å². The number of imidazole rings is 1. The molecule has 0 atom stereocenters. The number of hydrogen-bond acceptors (Lipinski definition) is 5. The van der Waals surface area contributed by atoms with E-state index >= 15 is 0 Å². The molecule has 11 rings (SSSR count). The van der Waals surface area contributed by atoms with Gasteiger partial charge in [0, 0.05) is 63.9 Å². The van der Waals surface area contributed by atoms with Gasteiger partial charge in [0.1, 0.15) is 5.82 Å². The summed E-state index contributed by atoms with van der Waals surface area (Å²) >= 11 is 1.77.